The number of nitro benzene ring substituents is 1. The molecule has 10 heteroatoms. The van der Waals surface area contributed by atoms with Gasteiger partial charge in [0.1, 0.15) is 16.8 Å². The predicted octanol–water partition coefficient (Wildman–Crippen LogP) is 2.12. The number of nitriles is 1. The fraction of sp³-hybridized carbons (Fsp3) is 0.235. The van der Waals surface area contributed by atoms with Crippen LogP contribution in [0.15, 0.2) is 47.4 Å². The maximum atomic E-state index is 13.9. The molecule has 3 rings (SSSR count). The lowest BCUT2D eigenvalue weighted by Gasteiger charge is -2.35. The van der Waals surface area contributed by atoms with Crippen molar-refractivity contribution in [3.05, 3.63) is 64.0 Å². The van der Waals surface area contributed by atoms with Gasteiger partial charge in [-0.2, -0.15) is 9.57 Å². The summed E-state index contributed by atoms with van der Waals surface area (Å²) in [7, 11) is -3.95. The fourth-order valence-corrected chi connectivity index (χ4v) is 4.45. The molecule has 0 amide bonds. The minimum Gasteiger partial charge on any atom is -0.368 e. The van der Waals surface area contributed by atoms with E-state index in [4.69, 9.17) is 0 Å². The zero-order chi connectivity index (χ0) is 19.6. The first kappa shape index (κ1) is 18.8. The summed E-state index contributed by atoms with van der Waals surface area (Å²) in [5.41, 5.74) is 0.469. The standard InChI is InChI=1S/C17H15FN4O4S/c18-15-3-1-2-4-17(15)27(25,26)21-9-7-20(8-10-21)16-6-5-14(22(23)24)11-13(16)12-19/h1-6,11H,7-10H2. The molecule has 1 fully saturated rings. The second-order valence-corrected chi connectivity index (χ2v) is 7.80. The number of rotatable bonds is 4. The minimum atomic E-state index is -3.95. The molecule has 0 bridgehead atoms. The van der Waals surface area contributed by atoms with Crippen molar-refractivity contribution in [2.75, 3.05) is 31.1 Å². The van der Waals surface area contributed by atoms with Gasteiger partial charge >= 0.3 is 0 Å². The number of hydrogen-bond donors (Lipinski definition) is 0. The van der Waals surface area contributed by atoms with Gasteiger partial charge in [-0.25, -0.2) is 12.8 Å². The summed E-state index contributed by atoms with van der Waals surface area (Å²) in [5, 5.41) is 20.1. The van der Waals surface area contributed by atoms with Crippen molar-refractivity contribution >= 4 is 21.4 Å². The lowest BCUT2D eigenvalue weighted by atomic mass is 10.1. The summed E-state index contributed by atoms with van der Waals surface area (Å²) in [5.74, 6) is -0.804. The Morgan fingerprint density at radius 3 is 2.37 bits per heavy atom. The molecule has 0 unspecified atom stereocenters. The molecule has 1 saturated heterocycles. The number of sulfonamides is 1. The Morgan fingerprint density at radius 2 is 1.78 bits per heavy atom. The summed E-state index contributed by atoms with van der Waals surface area (Å²) >= 11 is 0. The molecule has 0 aliphatic carbocycles. The monoisotopic (exact) mass is 390 g/mol. The Morgan fingerprint density at radius 1 is 1.11 bits per heavy atom. The zero-order valence-corrected chi connectivity index (χ0v) is 14.9. The maximum Gasteiger partial charge on any atom is 0.270 e. The predicted molar refractivity (Wildman–Crippen MR) is 95.2 cm³/mol. The highest BCUT2D eigenvalue weighted by Gasteiger charge is 2.31. The molecule has 1 heterocycles. The quantitative estimate of drug-likeness (QED) is 0.584. The topological polar surface area (TPSA) is 108 Å². The lowest BCUT2D eigenvalue weighted by Crippen LogP contribution is -2.49. The normalized spacial score (nSPS) is 15.3. The highest BCUT2D eigenvalue weighted by Crippen LogP contribution is 2.27. The number of hydrogen-bond acceptors (Lipinski definition) is 6. The van der Waals surface area contributed by atoms with Gasteiger partial charge in [0.15, 0.2) is 0 Å². The number of piperazine rings is 1. The van der Waals surface area contributed by atoms with Crippen molar-refractivity contribution in [2.24, 2.45) is 0 Å². The third-order valence-electron chi connectivity index (χ3n) is 4.35. The van der Waals surface area contributed by atoms with E-state index in [2.05, 4.69) is 0 Å². The summed E-state index contributed by atoms with van der Waals surface area (Å²) in [6, 6.07) is 11.1. The molecule has 0 spiro atoms. The Labute approximate surface area is 155 Å². The Kier molecular flexibility index (Phi) is 5.07. The van der Waals surface area contributed by atoms with Crippen LogP contribution >= 0.6 is 0 Å². The van der Waals surface area contributed by atoms with Crippen molar-refractivity contribution in [1.29, 1.82) is 5.26 Å². The van der Waals surface area contributed by atoms with Gasteiger partial charge < -0.3 is 4.90 Å². The molecule has 140 valence electrons. The molecular formula is C17H15FN4O4S. The number of nitrogens with zero attached hydrogens (tertiary/aromatic N) is 4. The van der Waals surface area contributed by atoms with Gasteiger partial charge in [-0.15, -0.1) is 0 Å². The first-order valence-corrected chi connectivity index (χ1v) is 9.47. The van der Waals surface area contributed by atoms with Gasteiger partial charge in [-0.3, -0.25) is 10.1 Å². The average Bonchev–Trinajstić information content (AvgIpc) is 2.67. The molecule has 2 aromatic rings. The average molecular weight is 390 g/mol. The van der Waals surface area contributed by atoms with Crippen LogP contribution in [-0.2, 0) is 10.0 Å². The molecule has 0 aromatic heterocycles. The van der Waals surface area contributed by atoms with Crippen LogP contribution in [0.5, 0.6) is 0 Å². The van der Waals surface area contributed by atoms with E-state index in [0.717, 1.165) is 6.07 Å². The number of non-ortho nitro benzene ring substituents is 1. The van der Waals surface area contributed by atoms with E-state index in [0.29, 0.717) is 5.69 Å². The minimum absolute atomic E-state index is 0.110. The van der Waals surface area contributed by atoms with E-state index in [1.807, 2.05) is 6.07 Å². The van der Waals surface area contributed by atoms with Crippen molar-refractivity contribution < 1.29 is 17.7 Å². The molecule has 0 saturated carbocycles. The zero-order valence-electron chi connectivity index (χ0n) is 14.1. The van der Waals surface area contributed by atoms with Crippen molar-refractivity contribution in [2.45, 2.75) is 4.90 Å². The van der Waals surface area contributed by atoms with Crippen LogP contribution in [0.1, 0.15) is 5.56 Å². The Balaban J connectivity index is 1.79. The van der Waals surface area contributed by atoms with Crippen molar-refractivity contribution in [1.82, 2.24) is 4.31 Å². The number of benzene rings is 2. The van der Waals surface area contributed by atoms with Crippen LogP contribution in [0.25, 0.3) is 0 Å². The van der Waals surface area contributed by atoms with Gasteiger partial charge in [0.05, 0.1) is 16.2 Å². The largest absolute Gasteiger partial charge is 0.368 e. The second-order valence-electron chi connectivity index (χ2n) is 5.89. The smallest absolute Gasteiger partial charge is 0.270 e. The first-order chi connectivity index (χ1) is 12.8. The number of anilines is 1. The molecule has 2 aromatic carbocycles. The Bertz CT molecular complexity index is 1030. The van der Waals surface area contributed by atoms with E-state index in [9.17, 15) is 28.2 Å². The third-order valence-corrected chi connectivity index (χ3v) is 6.28. The summed E-state index contributed by atoms with van der Waals surface area (Å²) in [6.45, 7) is 0.775. The molecule has 27 heavy (non-hydrogen) atoms. The van der Waals surface area contributed by atoms with Crippen LogP contribution < -0.4 is 4.90 Å². The molecule has 0 radical (unpaired) electrons. The summed E-state index contributed by atoms with van der Waals surface area (Å²) in [6.07, 6.45) is 0. The molecular weight excluding hydrogens is 375 g/mol. The van der Waals surface area contributed by atoms with Gasteiger partial charge in [-0.05, 0) is 18.2 Å². The molecule has 1 aliphatic rings. The van der Waals surface area contributed by atoms with E-state index >= 15 is 0 Å². The van der Waals surface area contributed by atoms with Crippen LogP contribution in [-0.4, -0.2) is 43.8 Å². The lowest BCUT2D eigenvalue weighted by molar-refractivity contribution is -0.384. The fourth-order valence-electron chi connectivity index (χ4n) is 2.97. The van der Waals surface area contributed by atoms with E-state index < -0.39 is 20.8 Å². The molecule has 8 nitrogen and oxygen atoms in total. The maximum absolute atomic E-state index is 13.9. The Hall–Kier alpha value is -3.03. The van der Waals surface area contributed by atoms with Gasteiger partial charge in [0, 0.05) is 38.3 Å². The van der Waals surface area contributed by atoms with Gasteiger partial charge in [0.25, 0.3) is 5.69 Å². The molecule has 0 N–H and O–H groups in total. The van der Waals surface area contributed by atoms with Gasteiger partial charge in [-0.1, -0.05) is 12.1 Å². The number of nitro groups is 1. The molecule has 0 atom stereocenters. The van der Waals surface area contributed by atoms with Crippen molar-refractivity contribution in [3.8, 4) is 6.07 Å². The highest BCUT2D eigenvalue weighted by atomic mass is 32.2. The SMILES string of the molecule is N#Cc1cc([N+](=O)[O-])ccc1N1CCN(S(=O)(=O)c2ccccc2F)CC1. The van der Waals surface area contributed by atoms with Crippen molar-refractivity contribution in [3.63, 3.8) is 0 Å². The molecule has 1 aliphatic heterocycles. The van der Waals surface area contributed by atoms with Gasteiger partial charge in [0.2, 0.25) is 10.0 Å². The summed E-state index contributed by atoms with van der Waals surface area (Å²) < 4.78 is 40.3. The van der Waals surface area contributed by atoms with Crippen LogP contribution in [0, 0.1) is 27.3 Å². The van der Waals surface area contributed by atoms with E-state index in [1.165, 1.54) is 40.7 Å². The van der Waals surface area contributed by atoms with Crippen LogP contribution in [0.3, 0.4) is 0 Å². The first-order valence-electron chi connectivity index (χ1n) is 8.03. The number of halogens is 1. The van der Waals surface area contributed by atoms with E-state index in [1.54, 1.807) is 4.90 Å². The third kappa shape index (κ3) is 3.60. The second kappa shape index (κ2) is 7.30. The van der Waals surface area contributed by atoms with Crippen LogP contribution in [0.2, 0.25) is 0 Å². The van der Waals surface area contributed by atoms with E-state index in [-0.39, 0.29) is 42.3 Å². The van der Waals surface area contributed by atoms with Crippen LogP contribution in [0.4, 0.5) is 15.8 Å². The highest BCUT2D eigenvalue weighted by molar-refractivity contribution is 7.89. The summed E-state index contributed by atoms with van der Waals surface area (Å²) in [4.78, 5) is 11.7.